The van der Waals surface area contributed by atoms with Crippen LogP contribution in [0.25, 0.3) is 0 Å². The predicted octanol–water partition coefficient (Wildman–Crippen LogP) is 6.41. The van der Waals surface area contributed by atoms with E-state index in [0.717, 1.165) is 0 Å². The van der Waals surface area contributed by atoms with Gasteiger partial charge in [-0.05, 0) is 52.4 Å². The molecule has 30 heavy (non-hydrogen) atoms. The van der Waals surface area contributed by atoms with Gasteiger partial charge in [-0.15, -0.1) is 0 Å². The molecule has 0 aromatic heterocycles. The Hall–Kier alpha value is -0.510. The predicted molar refractivity (Wildman–Crippen MR) is 108 cm³/mol. The number of piperidine rings is 2. The Kier molecular flexibility index (Phi) is 13.6. The number of halogens is 8. The van der Waals surface area contributed by atoms with Gasteiger partial charge in [0.15, 0.2) is 0 Å². The molecule has 0 unspecified atom stereocenters. The summed E-state index contributed by atoms with van der Waals surface area (Å²) in [5, 5.41) is 0. The molecule has 0 aromatic rings. The van der Waals surface area contributed by atoms with Crippen LogP contribution in [0, 0.1) is 0 Å². The van der Waals surface area contributed by atoms with Crippen molar-refractivity contribution in [2.45, 2.75) is 65.2 Å². The summed E-state index contributed by atoms with van der Waals surface area (Å²) in [5.74, 6) is 0. The highest BCUT2D eigenvalue weighted by Crippen LogP contribution is 2.22. The van der Waals surface area contributed by atoms with Gasteiger partial charge in [0.2, 0.25) is 0 Å². The van der Waals surface area contributed by atoms with Gasteiger partial charge in [-0.3, -0.25) is 0 Å². The number of likely N-dealkylation sites (tertiary alicyclic amines) is 2. The third kappa shape index (κ3) is 16.2. The van der Waals surface area contributed by atoms with E-state index >= 15 is 0 Å². The number of rotatable bonds is 7. The van der Waals surface area contributed by atoms with Crippen molar-refractivity contribution in [1.82, 2.24) is 0 Å². The van der Waals surface area contributed by atoms with Gasteiger partial charge in [0.25, 0.3) is 0 Å². The highest BCUT2D eigenvalue weighted by atomic mass is 19.5. The Labute approximate surface area is 176 Å². The zero-order valence-corrected chi connectivity index (χ0v) is 18.4. The van der Waals surface area contributed by atoms with Crippen LogP contribution in [0.4, 0.5) is 34.5 Å². The Morgan fingerprint density at radius 2 is 0.733 bits per heavy atom. The van der Waals surface area contributed by atoms with Crippen LogP contribution in [0.1, 0.15) is 65.2 Å². The number of nitrogens with zero attached hydrogens (tertiary/aromatic N) is 2. The van der Waals surface area contributed by atoms with Gasteiger partial charge in [-0.1, -0.05) is 0 Å². The van der Waals surface area contributed by atoms with E-state index < -0.39 is 14.5 Å². The molecule has 182 valence electrons. The third-order valence-electron chi connectivity index (χ3n) is 6.39. The van der Waals surface area contributed by atoms with Gasteiger partial charge >= 0.3 is 14.5 Å². The second kappa shape index (κ2) is 13.8. The molecule has 0 atom stereocenters. The minimum absolute atomic E-state index is 1.37. The third-order valence-corrected chi connectivity index (χ3v) is 6.39. The number of quaternary nitrogens is 2. The average molecular weight is 456 g/mol. The molecule has 0 saturated carbocycles. The molecule has 2 fully saturated rings. The largest absolute Gasteiger partial charge is 0.673 e. The van der Waals surface area contributed by atoms with Gasteiger partial charge in [-0.25, -0.2) is 0 Å². The Morgan fingerprint density at radius 3 is 0.933 bits per heavy atom. The quantitative estimate of drug-likeness (QED) is 0.180. The molecule has 2 heterocycles. The van der Waals surface area contributed by atoms with Gasteiger partial charge in [0.1, 0.15) is 0 Å². The second-order valence-corrected chi connectivity index (χ2v) is 8.48. The van der Waals surface area contributed by atoms with Gasteiger partial charge in [0, 0.05) is 12.8 Å². The first kappa shape index (κ1) is 29.5. The van der Waals surface area contributed by atoms with Crippen molar-refractivity contribution in [1.29, 1.82) is 0 Å². The fraction of sp³-hybridized carbons (Fsp3) is 1.00. The van der Waals surface area contributed by atoms with E-state index in [2.05, 4.69) is 13.8 Å². The van der Waals surface area contributed by atoms with Crippen molar-refractivity contribution >= 4 is 14.5 Å². The van der Waals surface area contributed by atoms with E-state index in [9.17, 15) is 34.5 Å². The first-order valence-electron chi connectivity index (χ1n) is 11.2. The van der Waals surface area contributed by atoms with Crippen molar-refractivity contribution in [3.05, 3.63) is 0 Å². The Bertz CT molecular complexity index is 383. The molecule has 0 amide bonds. The zero-order chi connectivity index (χ0) is 23.3. The summed E-state index contributed by atoms with van der Waals surface area (Å²) in [5.41, 5.74) is 0. The number of unbranched alkanes of at least 4 members (excludes halogenated alkanes) is 1. The van der Waals surface area contributed by atoms with Gasteiger partial charge in [-0.2, -0.15) is 0 Å². The summed E-state index contributed by atoms with van der Waals surface area (Å²) < 4.78 is 80.9. The van der Waals surface area contributed by atoms with Crippen molar-refractivity contribution in [3.63, 3.8) is 0 Å². The number of hydrogen-bond donors (Lipinski definition) is 0. The molecular weight excluding hydrogens is 418 g/mol. The molecule has 0 aromatic carbocycles. The topological polar surface area (TPSA) is 0 Å². The molecule has 2 aliphatic heterocycles. The highest BCUT2D eigenvalue weighted by Gasteiger charge is 2.30. The Balaban J connectivity index is 0.000000702. The maximum absolute atomic E-state index is 9.75. The molecule has 0 spiro atoms. The lowest BCUT2D eigenvalue weighted by molar-refractivity contribution is -0.936. The normalized spacial score (nSPS) is 21.0. The molecule has 2 aliphatic rings. The van der Waals surface area contributed by atoms with Crippen LogP contribution in [0.5, 0.6) is 0 Å². The lowest BCUT2D eigenvalue weighted by Gasteiger charge is -2.42. The van der Waals surface area contributed by atoms with Gasteiger partial charge in [0.05, 0.1) is 52.4 Å². The van der Waals surface area contributed by atoms with E-state index in [1.54, 1.807) is 0 Å². The first-order chi connectivity index (χ1) is 13.7. The molecule has 2 saturated heterocycles. The van der Waals surface area contributed by atoms with Crippen molar-refractivity contribution in [2.75, 3.05) is 52.4 Å². The fourth-order valence-electron chi connectivity index (χ4n) is 4.66. The monoisotopic (exact) mass is 456 g/mol. The minimum Gasteiger partial charge on any atom is -0.418 e. The van der Waals surface area contributed by atoms with Crippen LogP contribution in [-0.4, -0.2) is 75.8 Å². The van der Waals surface area contributed by atoms with Crippen molar-refractivity contribution < 1.29 is 43.5 Å². The SMILES string of the molecule is CC[N+]1(CCCC[N+]2(CC)CCCCC2)CCCCC1.F[B-](F)(F)F.F[B-](F)(F)F. The van der Waals surface area contributed by atoms with E-state index in [0.29, 0.717) is 0 Å². The van der Waals surface area contributed by atoms with Crippen LogP contribution in [0.15, 0.2) is 0 Å². The van der Waals surface area contributed by atoms with Crippen LogP contribution >= 0.6 is 0 Å². The summed E-state index contributed by atoms with van der Waals surface area (Å²) >= 11 is 0. The zero-order valence-electron chi connectivity index (χ0n) is 18.4. The molecule has 0 N–H and O–H groups in total. The molecule has 0 aliphatic carbocycles. The van der Waals surface area contributed by atoms with Crippen LogP contribution < -0.4 is 0 Å². The van der Waals surface area contributed by atoms with Crippen LogP contribution in [-0.2, 0) is 0 Å². The summed E-state index contributed by atoms with van der Waals surface area (Å²) in [6, 6.07) is 0. The average Bonchev–Trinajstić information content (AvgIpc) is 2.64. The smallest absolute Gasteiger partial charge is 0.418 e. The molecule has 12 heteroatoms. The van der Waals surface area contributed by atoms with Crippen LogP contribution in [0.2, 0.25) is 0 Å². The lowest BCUT2D eigenvalue weighted by Crippen LogP contribution is -2.53. The molecular formula is C18H38B2F8N2. The molecule has 0 bridgehead atoms. The summed E-state index contributed by atoms with van der Waals surface area (Å²) in [6.07, 6.45) is 11.8. The van der Waals surface area contributed by atoms with Crippen molar-refractivity contribution in [2.24, 2.45) is 0 Å². The maximum Gasteiger partial charge on any atom is 0.673 e. The standard InChI is InChI=1S/C18H38N2.2BF4/c1-3-19(13-7-5-8-14-19)17-11-12-18-20(4-2)15-9-6-10-16-20;2*2-1(3,4)5/h3-18H2,1-2H3;;/q+2;2*-1. The summed E-state index contributed by atoms with van der Waals surface area (Å²) in [6.45, 7) is 16.3. The van der Waals surface area contributed by atoms with E-state index in [4.69, 9.17) is 0 Å². The van der Waals surface area contributed by atoms with Crippen molar-refractivity contribution in [3.8, 4) is 0 Å². The first-order valence-corrected chi connectivity index (χ1v) is 11.2. The van der Waals surface area contributed by atoms with E-state index in [1.165, 1.54) is 113 Å². The summed E-state index contributed by atoms with van der Waals surface area (Å²) in [7, 11) is -12.0. The molecule has 0 radical (unpaired) electrons. The van der Waals surface area contributed by atoms with Gasteiger partial charge < -0.3 is 43.5 Å². The number of hydrogen-bond acceptors (Lipinski definition) is 0. The highest BCUT2D eigenvalue weighted by molar-refractivity contribution is 6.50. The maximum atomic E-state index is 9.75. The fourth-order valence-corrected chi connectivity index (χ4v) is 4.66. The van der Waals surface area contributed by atoms with E-state index in [1.807, 2.05) is 0 Å². The lowest BCUT2D eigenvalue weighted by atomic mass is 10.0. The Morgan fingerprint density at radius 1 is 0.500 bits per heavy atom. The van der Waals surface area contributed by atoms with Crippen LogP contribution in [0.3, 0.4) is 0 Å². The summed E-state index contributed by atoms with van der Waals surface area (Å²) in [4.78, 5) is 0. The second-order valence-electron chi connectivity index (χ2n) is 8.48. The molecule has 2 nitrogen and oxygen atoms in total. The van der Waals surface area contributed by atoms with E-state index in [-0.39, 0.29) is 0 Å². The minimum atomic E-state index is -6.00. The molecule has 2 rings (SSSR count).